The lowest BCUT2D eigenvalue weighted by Gasteiger charge is -2.19. The summed E-state index contributed by atoms with van der Waals surface area (Å²) in [4.78, 5) is 24.5. The zero-order chi connectivity index (χ0) is 14.9. The molecule has 0 bridgehead atoms. The van der Waals surface area contributed by atoms with Crippen molar-refractivity contribution in [1.29, 1.82) is 0 Å². The van der Waals surface area contributed by atoms with E-state index in [1.54, 1.807) is 0 Å². The van der Waals surface area contributed by atoms with Crippen LogP contribution >= 0.6 is 27.7 Å². The van der Waals surface area contributed by atoms with E-state index in [0.29, 0.717) is 30.1 Å². The summed E-state index contributed by atoms with van der Waals surface area (Å²) in [6.07, 6.45) is 0.359. The van der Waals surface area contributed by atoms with Crippen molar-refractivity contribution in [3.05, 3.63) is 22.4 Å². The summed E-state index contributed by atoms with van der Waals surface area (Å²) in [5, 5.41) is 0.0325. The molecule has 1 aromatic rings. The van der Waals surface area contributed by atoms with Gasteiger partial charge in [0.15, 0.2) is 5.12 Å². The van der Waals surface area contributed by atoms with E-state index in [-0.39, 0.29) is 21.4 Å². The molecule has 1 aliphatic heterocycles. The number of hydrogen-bond donors (Lipinski definition) is 1. The maximum Gasteiger partial charge on any atom is 0.227 e. The second-order valence-corrected chi connectivity index (χ2v) is 6.75. The van der Waals surface area contributed by atoms with Crippen LogP contribution in [0.2, 0.25) is 0 Å². The molecule has 1 aromatic carbocycles. The van der Waals surface area contributed by atoms with E-state index in [2.05, 4.69) is 15.9 Å². The molecule has 108 valence electrons. The van der Waals surface area contributed by atoms with Crippen LogP contribution < -0.4 is 10.6 Å². The predicted octanol–water partition coefficient (Wildman–Crippen LogP) is 2.80. The van der Waals surface area contributed by atoms with Crippen molar-refractivity contribution in [3.63, 3.8) is 0 Å². The zero-order valence-electron chi connectivity index (χ0n) is 10.9. The molecule has 2 N–H and O–H groups in total. The second-order valence-electron chi connectivity index (χ2n) is 4.70. The van der Waals surface area contributed by atoms with Gasteiger partial charge in [0, 0.05) is 31.7 Å². The van der Waals surface area contributed by atoms with Gasteiger partial charge in [-0.1, -0.05) is 11.8 Å². The van der Waals surface area contributed by atoms with Crippen molar-refractivity contribution in [2.75, 3.05) is 22.9 Å². The van der Waals surface area contributed by atoms with Crippen molar-refractivity contribution in [2.45, 2.75) is 13.3 Å². The highest BCUT2D eigenvalue weighted by atomic mass is 79.9. The largest absolute Gasteiger partial charge is 0.397 e. The van der Waals surface area contributed by atoms with Crippen LogP contribution in [-0.2, 0) is 9.59 Å². The minimum atomic E-state index is -0.455. The highest BCUT2D eigenvalue weighted by molar-refractivity contribution is 9.10. The van der Waals surface area contributed by atoms with Crippen LogP contribution in [0.1, 0.15) is 13.3 Å². The SMILES string of the molecule is CC(=O)SCC1CC(=O)N(c2cc(F)c(Br)cc2N)C1. The summed E-state index contributed by atoms with van der Waals surface area (Å²) in [7, 11) is 0. The number of carbonyl (C=O) groups is 2. The summed E-state index contributed by atoms with van der Waals surface area (Å²) in [5.74, 6) is 0.134. The van der Waals surface area contributed by atoms with Crippen LogP contribution in [0.15, 0.2) is 16.6 Å². The van der Waals surface area contributed by atoms with Crippen LogP contribution in [0, 0.1) is 11.7 Å². The lowest BCUT2D eigenvalue weighted by atomic mass is 10.1. The molecule has 0 spiro atoms. The first-order chi connectivity index (χ1) is 9.38. The Labute approximate surface area is 129 Å². The van der Waals surface area contributed by atoms with Gasteiger partial charge >= 0.3 is 0 Å². The minimum Gasteiger partial charge on any atom is -0.397 e. The molecule has 1 heterocycles. The highest BCUT2D eigenvalue weighted by Crippen LogP contribution is 2.34. The van der Waals surface area contributed by atoms with Crippen LogP contribution in [0.3, 0.4) is 0 Å². The van der Waals surface area contributed by atoms with E-state index in [1.807, 2.05) is 0 Å². The molecule has 2 rings (SSSR count). The second kappa shape index (κ2) is 6.13. The number of thioether (sulfide) groups is 1. The Bertz CT molecular complexity index is 568. The summed E-state index contributed by atoms with van der Waals surface area (Å²) >= 11 is 4.26. The highest BCUT2D eigenvalue weighted by Gasteiger charge is 2.32. The number of halogens is 2. The third kappa shape index (κ3) is 3.32. The predicted molar refractivity (Wildman–Crippen MR) is 82.1 cm³/mol. The molecule has 0 saturated carbocycles. The first-order valence-corrected chi connectivity index (χ1v) is 7.84. The van der Waals surface area contributed by atoms with Crippen molar-refractivity contribution in [1.82, 2.24) is 0 Å². The third-order valence-corrected chi connectivity index (χ3v) is 4.74. The molecule has 0 radical (unpaired) electrons. The molecule has 1 amide bonds. The van der Waals surface area contributed by atoms with E-state index in [4.69, 9.17) is 5.73 Å². The van der Waals surface area contributed by atoms with Gasteiger partial charge in [0.1, 0.15) is 5.82 Å². The number of benzene rings is 1. The molecule has 20 heavy (non-hydrogen) atoms. The van der Waals surface area contributed by atoms with Gasteiger partial charge in [-0.25, -0.2) is 4.39 Å². The Balaban J connectivity index is 2.16. The summed E-state index contributed by atoms with van der Waals surface area (Å²) in [6, 6.07) is 2.72. The van der Waals surface area contributed by atoms with Gasteiger partial charge in [0.25, 0.3) is 0 Å². The normalized spacial score (nSPS) is 18.6. The topological polar surface area (TPSA) is 63.4 Å². The smallest absolute Gasteiger partial charge is 0.227 e. The van der Waals surface area contributed by atoms with Crippen molar-refractivity contribution < 1.29 is 14.0 Å². The molecule has 1 saturated heterocycles. The first-order valence-electron chi connectivity index (χ1n) is 6.06. The number of hydrogen-bond acceptors (Lipinski definition) is 4. The van der Waals surface area contributed by atoms with Gasteiger partial charge in [-0.3, -0.25) is 9.59 Å². The van der Waals surface area contributed by atoms with Crippen molar-refractivity contribution in [3.8, 4) is 0 Å². The molecule has 0 aromatic heterocycles. The number of amides is 1. The Kier molecular flexibility index (Phi) is 4.70. The van der Waals surface area contributed by atoms with Crippen molar-refractivity contribution in [2.24, 2.45) is 5.92 Å². The number of nitrogens with zero attached hydrogens (tertiary/aromatic N) is 1. The molecule has 1 fully saturated rings. The molecular weight excluding hydrogens is 347 g/mol. The number of nitrogens with two attached hydrogens (primary N) is 1. The molecule has 1 unspecified atom stereocenters. The minimum absolute atomic E-state index is 0.0325. The van der Waals surface area contributed by atoms with E-state index in [1.165, 1.54) is 35.7 Å². The van der Waals surface area contributed by atoms with Gasteiger partial charge in [-0.05, 0) is 27.9 Å². The summed E-state index contributed by atoms with van der Waals surface area (Å²) < 4.78 is 13.9. The van der Waals surface area contributed by atoms with E-state index in [9.17, 15) is 14.0 Å². The Hall–Kier alpha value is -1.08. The summed E-state index contributed by atoms with van der Waals surface area (Å²) in [6.45, 7) is 1.96. The number of nitrogen functional groups attached to an aromatic ring is 1. The van der Waals surface area contributed by atoms with Gasteiger partial charge in [-0.2, -0.15) is 0 Å². The maximum atomic E-state index is 13.6. The van der Waals surface area contributed by atoms with Crippen LogP contribution in [-0.4, -0.2) is 23.3 Å². The van der Waals surface area contributed by atoms with Gasteiger partial charge in [-0.15, -0.1) is 0 Å². The zero-order valence-corrected chi connectivity index (χ0v) is 13.3. The van der Waals surface area contributed by atoms with Gasteiger partial charge < -0.3 is 10.6 Å². The van der Waals surface area contributed by atoms with E-state index in [0.717, 1.165) is 0 Å². The fourth-order valence-corrected chi connectivity index (χ4v) is 3.20. The van der Waals surface area contributed by atoms with Crippen LogP contribution in [0.25, 0.3) is 0 Å². The lowest BCUT2D eigenvalue weighted by molar-refractivity contribution is -0.117. The van der Waals surface area contributed by atoms with E-state index < -0.39 is 5.82 Å². The third-order valence-electron chi connectivity index (χ3n) is 3.09. The fourth-order valence-electron chi connectivity index (χ4n) is 2.15. The van der Waals surface area contributed by atoms with Crippen molar-refractivity contribution >= 4 is 50.1 Å². The number of rotatable bonds is 3. The maximum absolute atomic E-state index is 13.6. The van der Waals surface area contributed by atoms with Gasteiger partial charge in [0.05, 0.1) is 15.8 Å². The molecule has 0 aliphatic carbocycles. The fraction of sp³-hybridized carbons (Fsp3) is 0.385. The quantitative estimate of drug-likeness (QED) is 0.841. The number of carbonyl (C=O) groups excluding carboxylic acids is 2. The Morgan fingerprint density at radius 1 is 1.60 bits per heavy atom. The standard InChI is InChI=1S/C13H14BrFN2O2S/c1-7(18)20-6-8-2-13(19)17(5-8)12-4-10(15)9(14)3-11(12)16/h3-4,8H,2,5-6,16H2,1H3. The number of anilines is 2. The molecule has 7 heteroatoms. The Morgan fingerprint density at radius 2 is 2.30 bits per heavy atom. The average Bonchev–Trinajstić information content (AvgIpc) is 2.72. The molecule has 4 nitrogen and oxygen atoms in total. The van der Waals surface area contributed by atoms with Crippen LogP contribution in [0.4, 0.5) is 15.8 Å². The summed E-state index contributed by atoms with van der Waals surface area (Å²) in [5.41, 5.74) is 6.60. The first kappa shape index (κ1) is 15.3. The Morgan fingerprint density at radius 3 is 2.95 bits per heavy atom. The molecule has 1 aliphatic rings. The lowest BCUT2D eigenvalue weighted by Crippen LogP contribution is -2.26. The van der Waals surface area contributed by atoms with Crippen LogP contribution in [0.5, 0.6) is 0 Å². The molecule has 1 atom stereocenters. The van der Waals surface area contributed by atoms with E-state index >= 15 is 0 Å². The monoisotopic (exact) mass is 360 g/mol. The molecular formula is C13H14BrFN2O2S. The van der Waals surface area contributed by atoms with Gasteiger partial charge in [0.2, 0.25) is 5.91 Å². The average molecular weight is 361 g/mol.